The molecule has 1 atom stereocenters. The van der Waals surface area contributed by atoms with E-state index in [1.54, 1.807) is 6.92 Å². The van der Waals surface area contributed by atoms with Crippen molar-refractivity contribution in [1.82, 2.24) is 5.32 Å². The molecule has 1 amide bonds. The summed E-state index contributed by atoms with van der Waals surface area (Å²) in [6.45, 7) is 3.21. The fraction of sp³-hybridized carbons (Fsp3) is 0.333. The van der Waals surface area contributed by atoms with E-state index in [1.807, 2.05) is 24.3 Å². The van der Waals surface area contributed by atoms with Crippen LogP contribution >= 0.6 is 0 Å². The number of carbonyl (C=O) groups excluding carboxylic acids is 2. The average molecular weight is 203 g/mol. The lowest BCUT2D eigenvalue weighted by Gasteiger charge is -2.22. The highest BCUT2D eigenvalue weighted by molar-refractivity contribution is 6.08. The quantitative estimate of drug-likeness (QED) is 0.748. The van der Waals surface area contributed by atoms with Crippen LogP contribution in [0, 0.1) is 0 Å². The third-order valence-corrected chi connectivity index (χ3v) is 2.76. The fourth-order valence-electron chi connectivity index (χ4n) is 2.14. The molecule has 2 rings (SSSR count). The van der Waals surface area contributed by atoms with Crippen LogP contribution in [-0.4, -0.2) is 17.2 Å². The first kappa shape index (κ1) is 9.90. The smallest absolute Gasteiger partial charge is 0.217 e. The summed E-state index contributed by atoms with van der Waals surface area (Å²) in [5.74, 6) is -0.160. The Bertz CT molecular complexity index is 439. The Labute approximate surface area is 88.5 Å². The number of carbonyl (C=O) groups is 2. The number of ketones is 1. The average Bonchev–Trinajstić information content (AvgIpc) is 2.39. The number of benzene rings is 1. The van der Waals surface area contributed by atoms with Crippen molar-refractivity contribution < 1.29 is 9.59 Å². The van der Waals surface area contributed by atoms with Gasteiger partial charge < -0.3 is 5.32 Å². The van der Waals surface area contributed by atoms with E-state index in [-0.39, 0.29) is 11.7 Å². The van der Waals surface area contributed by atoms with E-state index in [1.165, 1.54) is 6.92 Å². The van der Waals surface area contributed by atoms with Crippen LogP contribution in [0.5, 0.6) is 0 Å². The lowest BCUT2D eigenvalue weighted by molar-refractivity contribution is -0.120. The molecule has 0 fully saturated rings. The van der Waals surface area contributed by atoms with Crippen LogP contribution in [0.3, 0.4) is 0 Å². The van der Waals surface area contributed by atoms with E-state index in [0.29, 0.717) is 6.42 Å². The maximum Gasteiger partial charge on any atom is 0.217 e. The summed E-state index contributed by atoms with van der Waals surface area (Å²) in [5.41, 5.74) is 0.989. The van der Waals surface area contributed by atoms with Crippen molar-refractivity contribution in [3.8, 4) is 0 Å². The van der Waals surface area contributed by atoms with Crippen molar-refractivity contribution in [2.75, 3.05) is 0 Å². The summed E-state index contributed by atoms with van der Waals surface area (Å²) < 4.78 is 0. The van der Waals surface area contributed by atoms with Crippen LogP contribution in [0.15, 0.2) is 24.3 Å². The Balaban J connectivity index is 2.38. The van der Waals surface area contributed by atoms with E-state index in [9.17, 15) is 9.59 Å². The zero-order chi connectivity index (χ0) is 11.1. The summed E-state index contributed by atoms with van der Waals surface area (Å²) >= 11 is 0. The summed E-state index contributed by atoms with van der Waals surface area (Å²) in [6.07, 6.45) is 0.585. The van der Waals surface area contributed by atoms with Gasteiger partial charge in [-0.1, -0.05) is 24.3 Å². The van der Waals surface area contributed by atoms with Gasteiger partial charge in [-0.05, 0) is 12.5 Å². The number of hydrogen-bond acceptors (Lipinski definition) is 2. The summed E-state index contributed by atoms with van der Waals surface area (Å²) in [5, 5.41) is 2.73. The first-order valence-electron chi connectivity index (χ1n) is 4.94. The molecule has 1 unspecified atom stereocenters. The van der Waals surface area contributed by atoms with Gasteiger partial charge in [-0.2, -0.15) is 0 Å². The van der Waals surface area contributed by atoms with E-state index in [4.69, 9.17) is 0 Å². The second-order valence-electron chi connectivity index (χ2n) is 4.18. The first-order chi connectivity index (χ1) is 7.03. The predicted octanol–water partition coefficient (Wildman–Crippen LogP) is 1.32. The molecule has 1 N–H and O–H groups in total. The van der Waals surface area contributed by atoms with Crippen molar-refractivity contribution >= 4 is 11.7 Å². The van der Waals surface area contributed by atoms with Gasteiger partial charge in [0.25, 0.3) is 0 Å². The van der Waals surface area contributed by atoms with Gasteiger partial charge in [-0.3, -0.25) is 9.59 Å². The molecule has 0 saturated heterocycles. The van der Waals surface area contributed by atoms with Gasteiger partial charge >= 0.3 is 0 Å². The van der Waals surface area contributed by atoms with Crippen LogP contribution < -0.4 is 5.32 Å². The molecule has 0 heterocycles. The molecule has 15 heavy (non-hydrogen) atoms. The molecule has 0 spiro atoms. The van der Waals surface area contributed by atoms with Gasteiger partial charge in [-0.25, -0.2) is 0 Å². The second-order valence-corrected chi connectivity index (χ2v) is 4.18. The van der Waals surface area contributed by atoms with Crippen molar-refractivity contribution in [3.63, 3.8) is 0 Å². The summed E-state index contributed by atoms with van der Waals surface area (Å²) in [7, 11) is 0. The topological polar surface area (TPSA) is 46.2 Å². The minimum absolute atomic E-state index is 0.00769. The van der Waals surface area contributed by atoms with Gasteiger partial charge in [0, 0.05) is 18.9 Å². The van der Waals surface area contributed by atoms with Crippen LogP contribution in [0.4, 0.5) is 0 Å². The number of nitrogens with one attached hydrogen (secondary N) is 1. The molecule has 0 aliphatic heterocycles. The Hall–Kier alpha value is -1.64. The molecule has 0 aromatic heterocycles. The van der Waals surface area contributed by atoms with Gasteiger partial charge in [0.1, 0.15) is 5.54 Å². The largest absolute Gasteiger partial charge is 0.343 e. The van der Waals surface area contributed by atoms with Crippen LogP contribution in [-0.2, 0) is 11.2 Å². The zero-order valence-corrected chi connectivity index (χ0v) is 8.83. The van der Waals surface area contributed by atoms with Crippen LogP contribution in [0.25, 0.3) is 0 Å². The van der Waals surface area contributed by atoms with E-state index < -0.39 is 5.54 Å². The molecular weight excluding hydrogens is 190 g/mol. The second kappa shape index (κ2) is 3.19. The number of fused-ring (bicyclic) bond motifs is 1. The minimum Gasteiger partial charge on any atom is -0.343 e. The molecule has 3 heteroatoms. The highest BCUT2D eigenvalue weighted by Crippen LogP contribution is 2.29. The molecule has 1 aromatic carbocycles. The number of rotatable bonds is 1. The lowest BCUT2D eigenvalue weighted by atomic mass is 9.97. The van der Waals surface area contributed by atoms with Gasteiger partial charge in [-0.15, -0.1) is 0 Å². The maximum atomic E-state index is 12.0. The SMILES string of the molecule is CC(=O)NC1(C)Cc2ccccc2C1=O. The first-order valence-corrected chi connectivity index (χ1v) is 4.94. The third-order valence-electron chi connectivity index (χ3n) is 2.76. The number of hydrogen-bond donors (Lipinski definition) is 1. The van der Waals surface area contributed by atoms with Crippen molar-refractivity contribution in [2.45, 2.75) is 25.8 Å². The Morgan fingerprint density at radius 3 is 2.67 bits per heavy atom. The normalized spacial score (nSPS) is 23.7. The van der Waals surface area contributed by atoms with Crippen LogP contribution in [0.2, 0.25) is 0 Å². The molecule has 1 aromatic rings. The standard InChI is InChI=1S/C12H13NO2/c1-8(14)13-12(2)7-9-5-3-4-6-10(9)11(12)15/h3-6H,7H2,1-2H3,(H,13,14). The van der Waals surface area contributed by atoms with E-state index in [2.05, 4.69) is 5.32 Å². The van der Waals surface area contributed by atoms with Gasteiger partial charge in [0.05, 0.1) is 0 Å². The summed E-state index contributed by atoms with van der Waals surface area (Å²) in [6, 6.07) is 7.49. The van der Waals surface area contributed by atoms with Crippen LogP contribution in [0.1, 0.15) is 29.8 Å². The minimum atomic E-state index is -0.754. The number of amides is 1. The van der Waals surface area contributed by atoms with Gasteiger partial charge in [0.2, 0.25) is 5.91 Å². The molecule has 78 valence electrons. The lowest BCUT2D eigenvalue weighted by Crippen LogP contribution is -2.49. The molecule has 0 bridgehead atoms. The monoisotopic (exact) mass is 203 g/mol. The third kappa shape index (κ3) is 1.54. The summed E-state index contributed by atoms with van der Waals surface area (Å²) in [4.78, 5) is 23.1. The van der Waals surface area contributed by atoms with Crippen molar-refractivity contribution in [2.24, 2.45) is 0 Å². The van der Waals surface area contributed by atoms with Crippen molar-refractivity contribution in [1.29, 1.82) is 0 Å². The van der Waals surface area contributed by atoms with Gasteiger partial charge in [0.15, 0.2) is 5.78 Å². The molecule has 3 nitrogen and oxygen atoms in total. The maximum absolute atomic E-state index is 12.0. The highest BCUT2D eigenvalue weighted by Gasteiger charge is 2.41. The molecule has 1 aliphatic carbocycles. The highest BCUT2D eigenvalue weighted by atomic mass is 16.2. The van der Waals surface area contributed by atoms with E-state index >= 15 is 0 Å². The molecule has 0 saturated carbocycles. The van der Waals surface area contributed by atoms with E-state index in [0.717, 1.165) is 11.1 Å². The Morgan fingerprint density at radius 1 is 1.40 bits per heavy atom. The fourth-order valence-corrected chi connectivity index (χ4v) is 2.14. The molecule has 1 aliphatic rings. The number of Topliss-reactive ketones (excluding diaryl/α,β-unsaturated/α-hetero) is 1. The van der Waals surface area contributed by atoms with Crippen molar-refractivity contribution in [3.05, 3.63) is 35.4 Å². The zero-order valence-electron chi connectivity index (χ0n) is 8.83. The molecular formula is C12H13NO2. The predicted molar refractivity (Wildman–Crippen MR) is 56.7 cm³/mol. The Morgan fingerprint density at radius 2 is 2.07 bits per heavy atom. The Kier molecular flexibility index (Phi) is 2.11. The molecule has 0 radical (unpaired) electrons.